The molecular formula is C41H85N2O6P. The number of nitrogens with two attached hydrogens (primary N) is 1. The van der Waals surface area contributed by atoms with Crippen molar-refractivity contribution < 1.29 is 28.4 Å². The fourth-order valence-electron chi connectivity index (χ4n) is 6.67. The van der Waals surface area contributed by atoms with Gasteiger partial charge >= 0.3 is 7.82 Å². The minimum absolute atomic E-state index is 0.0923. The van der Waals surface area contributed by atoms with E-state index in [-0.39, 0.29) is 25.7 Å². The number of hydrogen-bond donors (Lipinski definition) is 4. The van der Waals surface area contributed by atoms with Gasteiger partial charge in [0, 0.05) is 13.0 Å². The molecule has 0 saturated heterocycles. The molecule has 0 aromatic heterocycles. The summed E-state index contributed by atoms with van der Waals surface area (Å²) >= 11 is 0. The Hall–Kier alpha value is -0.500. The van der Waals surface area contributed by atoms with E-state index in [1.807, 2.05) is 0 Å². The molecule has 0 saturated carbocycles. The SMILES string of the molecule is CCCCCCCCCCCCCCCCCCCCCCCC(O)C(COP(=O)(O)OCCN)NC(=O)CCCCCCCCCCCC. The van der Waals surface area contributed by atoms with Crippen LogP contribution in [0.4, 0.5) is 0 Å². The van der Waals surface area contributed by atoms with Gasteiger partial charge in [-0.1, -0.05) is 206 Å². The molecule has 0 radical (unpaired) electrons. The van der Waals surface area contributed by atoms with Gasteiger partial charge in [0.15, 0.2) is 0 Å². The lowest BCUT2D eigenvalue weighted by molar-refractivity contribution is -0.123. The van der Waals surface area contributed by atoms with Crippen LogP contribution in [0.5, 0.6) is 0 Å². The molecule has 3 atom stereocenters. The summed E-state index contributed by atoms with van der Waals surface area (Å²) < 4.78 is 22.1. The van der Waals surface area contributed by atoms with Crippen molar-refractivity contribution in [3.63, 3.8) is 0 Å². The molecule has 0 aliphatic carbocycles. The monoisotopic (exact) mass is 733 g/mol. The maximum Gasteiger partial charge on any atom is 0.472 e. The molecule has 300 valence electrons. The lowest BCUT2D eigenvalue weighted by Crippen LogP contribution is -2.46. The maximum atomic E-state index is 12.7. The van der Waals surface area contributed by atoms with Gasteiger partial charge in [0.05, 0.1) is 25.4 Å². The summed E-state index contributed by atoms with van der Waals surface area (Å²) in [5.41, 5.74) is 5.37. The first-order valence-corrected chi connectivity index (χ1v) is 23.1. The largest absolute Gasteiger partial charge is 0.472 e. The van der Waals surface area contributed by atoms with Crippen molar-refractivity contribution in [2.75, 3.05) is 19.8 Å². The molecule has 0 spiro atoms. The summed E-state index contributed by atoms with van der Waals surface area (Å²) in [4.78, 5) is 22.6. The van der Waals surface area contributed by atoms with E-state index in [2.05, 4.69) is 19.2 Å². The van der Waals surface area contributed by atoms with E-state index in [1.54, 1.807) is 0 Å². The molecule has 8 nitrogen and oxygen atoms in total. The third kappa shape index (κ3) is 35.9. The van der Waals surface area contributed by atoms with Crippen LogP contribution in [0.15, 0.2) is 0 Å². The standard InChI is InChI=1S/C41H85N2O6P/c1-3-5-7-9-11-13-15-16-17-18-19-20-21-22-23-24-25-26-28-30-32-34-40(44)39(38-49-50(46,47)48-37-36-42)43-41(45)35-33-31-29-27-14-12-10-8-6-4-2/h39-40,44H,3-38,42H2,1-2H3,(H,43,45)(H,46,47). The van der Waals surface area contributed by atoms with Crippen molar-refractivity contribution in [3.05, 3.63) is 0 Å². The normalized spacial score (nSPS) is 14.1. The maximum absolute atomic E-state index is 12.7. The lowest BCUT2D eigenvalue weighted by atomic mass is 10.0. The predicted molar refractivity (Wildman–Crippen MR) is 212 cm³/mol. The van der Waals surface area contributed by atoms with Crippen LogP contribution in [0.1, 0.15) is 226 Å². The Morgan fingerprint density at radius 1 is 0.580 bits per heavy atom. The second-order valence-corrected chi connectivity index (χ2v) is 16.4. The van der Waals surface area contributed by atoms with E-state index in [4.69, 9.17) is 14.8 Å². The number of carbonyl (C=O) groups is 1. The Bertz CT molecular complexity index is 759. The summed E-state index contributed by atoms with van der Waals surface area (Å²) in [5.74, 6) is -0.160. The van der Waals surface area contributed by atoms with Crippen LogP contribution in [-0.2, 0) is 18.4 Å². The molecule has 0 aromatic carbocycles. The highest BCUT2D eigenvalue weighted by molar-refractivity contribution is 7.47. The Morgan fingerprint density at radius 3 is 1.28 bits per heavy atom. The fraction of sp³-hybridized carbons (Fsp3) is 0.976. The third-order valence-electron chi connectivity index (χ3n) is 9.96. The van der Waals surface area contributed by atoms with Crippen molar-refractivity contribution in [2.45, 2.75) is 238 Å². The Balaban J connectivity index is 4.04. The minimum Gasteiger partial charge on any atom is -0.391 e. The van der Waals surface area contributed by atoms with Gasteiger partial charge in [-0.2, -0.15) is 0 Å². The fourth-order valence-corrected chi connectivity index (χ4v) is 7.43. The van der Waals surface area contributed by atoms with E-state index in [0.29, 0.717) is 12.8 Å². The summed E-state index contributed by atoms with van der Waals surface area (Å²) in [6, 6.07) is -0.766. The highest BCUT2D eigenvalue weighted by Crippen LogP contribution is 2.43. The summed E-state index contributed by atoms with van der Waals surface area (Å²) in [7, 11) is -4.30. The molecule has 3 unspecified atom stereocenters. The number of phosphoric acid groups is 1. The van der Waals surface area contributed by atoms with Crippen LogP contribution in [0.3, 0.4) is 0 Å². The Kier molecular flexibility index (Phi) is 37.8. The van der Waals surface area contributed by atoms with Crippen LogP contribution in [0.2, 0.25) is 0 Å². The number of unbranched alkanes of at least 4 members (excludes halogenated alkanes) is 29. The van der Waals surface area contributed by atoms with Crippen molar-refractivity contribution in [3.8, 4) is 0 Å². The zero-order valence-corrected chi connectivity index (χ0v) is 34.1. The molecule has 50 heavy (non-hydrogen) atoms. The topological polar surface area (TPSA) is 131 Å². The van der Waals surface area contributed by atoms with Gasteiger partial charge in [-0.15, -0.1) is 0 Å². The van der Waals surface area contributed by atoms with Gasteiger partial charge in [-0.05, 0) is 12.8 Å². The van der Waals surface area contributed by atoms with E-state index >= 15 is 0 Å². The Labute approximate surface area is 310 Å². The molecule has 0 fully saturated rings. The van der Waals surface area contributed by atoms with E-state index in [1.165, 1.54) is 161 Å². The molecular weight excluding hydrogens is 647 g/mol. The lowest BCUT2D eigenvalue weighted by Gasteiger charge is -2.25. The average molecular weight is 733 g/mol. The minimum atomic E-state index is -4.30. The van der Waals surface area contributed by atoms with E-state index in [9.17, 15) is 19.4 Å². The van der Waals surface area contributed by atoms with Gasteiger partial charge in [-0.3, -0.25) is 13.8 Å². The summed E-state index contributed by atoms with van der Waals surface area (Å²) in [6.45, 7) is 4.21. The molecule has 0 heterocycles. The second-order valence-electron chi connectivity index (χ2n) is 14.9. The smallest absolute Gasteiger partial charge is 0.391 e. The number of phosphoric ester groups is 1. The molecule has 0 aliphatic rings. The van der Waals surface area contributed by atoms with Crippen LogP contribution in [0.25, 0.3) is 0 Å². The average Bonchev–Trinajstić information content (AvgIpc) is 3.10. The number of aliphatic hydroxyl groups is 1. The van der Waals surface area contributed by atoms with Crippen molar-refractivity contribution in [1.82, 2.24) is 5.32 Å². The second kappa shape index (κ2) is 38.2. The number of rotatable bonds is 41. The first kappa shape index (κ1) is 49.5. The summed E-state index contributed by atoms with van der Waals surface area (Å²) in [6.07, 6.45) is 39.7. The van der Waals surface area contributed by atoms with Gasteiger partial charge < -0.3 is 21.1 Å². The molecule has 0 rings (SSSR count). The summed E-state index contributed by atoms with van der Waals surface area (Å²) in [5, 5.41) is 13.8. The number of amides is 1. The van der Waals surface area contributed by atoms with E-state index in [0.717, 1.165) is 38.5 Å². The van der Waals surface area contributed by atoms with Gasteiger partial charge in [0.1, 0.15) is 0 Å². The van der Waals surface area contributed by atoms with Crippen LogP contribution in [0, 0.1) is 0 Å². The van der Waals surface area contributed by atoms with E-state index < -0.39 is 20.0 Å². The molecule has 0 bridgehead atoms. The predicted octanol–water partition coefficient (Wildman–Crippen LogP) is 11.8. The number of carbonyl (C=O) groups excluding carboxylic acids is 1. The number of nitrogens with one attached hydrogen (secondary N) is 1. The third-order valence-corrected chi connectivity index (χ3v) is 10.9. The van der Waals surface area contributed by atoms with Crippen molar-refractivity contribution in [2.24, 2.45) is 5.73 Å². The molecule has 9 heteroatoms. The quantitative estimate of drug-likeness (QED) is 0.0363. The Morgan fingerprint density at radius 2 is 0.920 bits per heavy atom. The van der Waals surface area contributed by atoms with Crippen LogP contribution >= 0.6 is 7.82 Å². The van der Waals surface area contributed by atoms with Crippen molar-refractivity contribution in [1.29, 1.82) is 0 Å². The van der Waals surface area contributed by atoms with Gasteiger partial charge in [0.25, 0.3) is 0 Å². The molecule has 1 amide bonds. The number of aliphatic hydroxyl groups excluding tert-OH is 1. The zero-order valence-electron chi connectivity index (χ0n) is 33.2. The highest BCUT2D eigenvalue weighted by atomic mass is 31.2. The van der Waals surface area contributed by atoms with Gasteiger partial charge in [-0.25, -0.2) is 4.57 Å². The van der Waals surface area contributed by atoms with Gasteiger partial charge in [0.2, 0.25) is 5.91 Å². The molecule has 0 aliphatic heterocycles. The number of hydrogen-bond acceptors (Lipinski definition) is 6. The molecule has 5 N–H and O–H groups in total. The zero-order chi connectivity index (χ0) is 36.8. The van der Waals surface area contributed by atoms with Crippen LogP contribution < -0.4 is 11.1 Å². The first-order chi connectivity index (χ1) is 24.4. The molecule has 0 aromatic rings. The van der Waals surface area contributed by atoms with Crippen LogP contribution in [-0.4, -0.2) is 47.8 Å². The highest BCUT2D eigenvalue weighted by Gasteiger charge is 2.27. The first-order valence-electron chi connectivity index (χ1n) is 21.7. The van der Waals surface area contributed by atoms with Crippen molar-refractivity contribution >= 4 is 13.7 Å².